The van der Waals surface area contributed by atoms with E-state index in [4.69, 9.17) is 0 Å². The van der Waals surface area contributed by atoms with E-state index < -0.39 is 0 Å². The van der Waals surface area contributed by atoms with Gasteiger partial charge in [0, 0.05) is 60.2 Å². The largest absolute Gasteiger partial charge is 0.309 e. The summed E-state index contributed by atoms with van der Waals surface area (Å²) >= 11 is 0. The number of nitrogens with zero attached hydrogens (tertiary/aromatic N) is 4. The highest BCUT2D eigenvalue weighted by Gasteiger charge is 2.23. The molecule has 4 aromatic heterocycles. The molecular formula is C57H40N4. The van der Waals surface area contributed by atoms with E-state index >= 15 is 0 Å². The fourth-order valence-electron chi connectivity index (χ4n) is 10.5. The van der Waals surface area contributed by atoms with Gasteiger partial charge in [0.05, 0.1) is 49.8 Å². The highest BCUT2D eigenvalue weighted by Crippen LogP contribution is 2.43. The molecule has 0 fully saturated rings. The van der Waals surface area contributed by atoms with Crippen molar-refractivity contribution in [2.75, 3.05) is 0 Å². The van der Waals surface area contributed by atoms with E-state index in [1.807, 2.05) is 0 Å². The lowest BCUT2D eigenvalue weighted by molar-refractivity contribution is 1.11. The summed E-state index contributed by atoms with van der Waals surface area (Å²) < 4.78 is 9.89. The molecule has 0 radical (unpaired) electrons. The molecule has 0 spiro atoms. The maximum Gasteiger partial charge on any atom is 0.0784 e. The van der Waals surface area contributed by atoms with Crippen LogP contribution in [0, 0.1) is 20.8 Å². The minimum atomic E-state index is 1.12. The summed E-state index contributed by atoms with van der Waals surface area (Å²) in [7, 11) is 0. The van der Waals surface area contributed by atoms with Gasteiger partial charge in [-0.2, -0.15) is 0 Å². The summed E-state index contributed by atoms with van der Waals surface area (Å²) in [5.74, 6) is 0. The van der Waals surface area contributed by atoms with E-state index in [-0.39, 0.29) is 0 Å². The monoisotopic (exact) mass is 780 g/mol. The van der Waals surface area contributed by atoms with Crippen LogP contribution in [-0.2, 0) is 0 Å². The quantitative estimate of drug-likeness (QED) is 0.169. The average molecular weight is 781 g/mol. The molecule has 0 unspecified atom stereocenters. The van der Waals surface area contributed by atoms with Crippen molar-refractivity contribution in [3.63, 3.8) is 0 Å². The van der Waals surface area contributed by atoms with E-state index in [1.54, 1.807) is 0 Å². The molecule has 0 saturated carbocycles. The van der Waals surface area contributed by atoms with Crippen LogP contribution in [0.2, 0.25) is 0 Å². The van der Waals surface area contributed by atoms with Gasteiger partial charge in [0.1, 0.15) is 0 Å². The zero-order chi connectivity index (χ0) is 40.5. The second-order valence-electron chi connectivity index (χ2n) is 16.8. The molecule has 4 heterocycles. The van der Waals surface area contributed by atoms with E-state index in [2.05, 4.69) is 227 Å². The van der Waals surface area contributed by atoms with Crippen molar-refractivity contribution < 1.29 is 0 Å². The number of fused-ring (bicyclic) bond motifs is 12. The second kappa shape index (κ2) is 12.6. The van der Waals surface area contributed by atoms with Gasteiger partial charge in [-0.3, -0.25) is 0 Å². The van der Waals surface area contributed by atoms with Crippen molar-refractivity contribution in [1.29, 1.82) is 0 Å². The first-order valence-electron chi connectivity index (χ1n) is 21.2. The normalized spacial score (nSPS) is 12.2. The van der Waals surface area contributed by atoms with E-state index in [1.165, 1.54) is 104 Å². The Kier molecular flexibility index (Phi) is 7.04. The lowest BCUT2D eigenvalue weighted by Gasteiger charge is -2.17. The summed E-state index contributed by atoms with van der Waals surface area (Å²) in [6.07, 6.45) is 0. The number of para-hydroxylation sites is 4. The molecule has 0 amide bonds. The van der Waals surface area contributed by atoms with Gasteiger partial charge in [-0.1, -0.05) is 108 Å². The van der Waals surface area contributed by atoms with Gasteiger partial charge in [-0.15, -0.1) is 0 Å². The average Bonchev–Trinajstić information content (AvgIpc) is 4.01. The lowest BCUT2D eigenvalue weighted by atomic mass is 10.1. The molecular weight excluding hydrogens is 741 g/mol. The predicted octanol–water partition coefficient (Wildman–Crippen LogP) is 15.0. The Hall–Kier alpha value is -7.82. The van der Waals surface area contributed by atoms with E-state index in [9.17, 15) is 0 Å². The van der Waals surface area contributed by atoms with Crippen LogP contribution in [0.3, 0.4) is 0 Å². The van der Waals surface area contributed by atoms with Gasteiger partial charge in [0.25, 0.3) is 0 Å². The minimum Gasteiger partial charge on any atom is -0.309 e. The van der Waals surface area contributed by atoms with Crippen molar-refractivity contribution in [3.8, 4) is 22.7 Å². The van der Waals surface area contributed by atoms with Crippen molar-refractivity contribution in [2.45, 2.75) is 20.8 Å². The molecule has 0 aliphatic heterocycles. The number of aryl methyl sites for hydroxylation is 3. The Morgan fingerprint density at radius 2 is 0.590 bits per heavy atom. The zero-order valence-electron chi connectivity index (χ0n) is 34.2. The van der Waals surface area contributed by atoms with Gasteiger partial charge in [0.15, 0.2) is 0 Å². The summed E-state index contributed by atoms with van der Waals surface area (Å²) in [6, 6.07) is 70.0. The number of rotatable bonds is 4. The summed E-state index contributed by atoms with van der Waals surface area (Å²) in [6.45, 7) is 6.57. The van der Waals surface area contributed by atoms with E-state index in [0.717, 1.165) is 22.7 Å². The highest BCUT2D eigenvalue weighted by atomic mass is 15.1. The molecule has 4 heteroatoms. The fraction of sp³-hybridized carbons (Fsp3) is 0.0526. The Morgan fingerprint density at radius 1 is 0.246 bits per heavy atom. The first-order chi connectivity index (χ1) is 30.0. The molecule has 0 N–H and O–H groups in total. The number of hydrogen-bond donors (Lipinski definition) is 0. The predicted molar refractivity (Wildman–Crippen MR) is 258 cm³/mol. The molecule has 288 valence electrons. The van der Waals surface area contributed by atoms with Crippen molar-refractivity contribution in [1.82, 2.24) is 18.3 Å². The van der Waals surface area contributed by atoms with Crippen LogP contribution in [0.5, 0.6) is 0 Å². The molecule has 9 aromatic carbocycles. The molecule has 13 aromatic rings. The zero-order valence-corrected chi connectivity index (χ0v) is 34.2. The number of benzene rings is 9. The third-order valence-electron chi connectivity index (χ3n) is 13.1. The van der Waals surface area contributed by atoms with Crippen LogP contribution in [0.4, 0.5) is 0 Å². The molecule has 0 saturated heterocycles. The van der Waals surface area contributed by atoms with Gasteiger partial charge in [0.2, 0.25) is 0 Å². The van der Waals surface area contributed by atoms with Crippen LogP contribution in [0.15, 0.2) is 188 Å². The van der Waals surface area contributed by atoms with E-state index in [0.29, 0.717) is 0 Å². The van der Waals surface area contributed by atoms with Gasteiger partial charge < -0.3 is 18.3 Å². The summed E-state index contributed by atoms with van der Waals surface area (Å²) in [4.78, 5) is 0. The first kappa shape index (κ1) is 34.1. The topological polar surface area (TPSA) is 19.7 Å². The molecule has 61 heavy (non-hydrogen) atoms. The Bertz CT molecular complexity index is 3790. The summed E-state index contributed by atoms with van der Waals surface area (Å²) in [5, 5.41) is 10.0. The molecule has 0 aliphatic rings. The fourth-order valence-corrected chi connectivity index (χ4v) is 10.5. The standard InChI is InChI=1S/C57H40N4/c1-35-20-27-53-45(30-35)46-31-36(2)21-28-54(46)58(53)38-23-25-39(26-24-38)60-55-29-22-37(3)32-47(55)48-33-40(59-49-16-8-4-12-41(49)42-13-5-9-17-50(42)59)34-56(57(48)60)61-51-18-10-6-14-43(51)44-15-7-11-19-52(44)61/h4-34H,1-3H3. The molecule has 0 aliphatic carbocycles. The van der Waals surface area contributed by atoms with Gasteiger partial charge in [-0.05, 0) is 118 Å². The second-order valence-corrected chi connectivity index (χ2v) is 16.8. The van der Waals surface area contributed by atoms with Crippen molar-refractivity contribution in [2.24, 2.45) is 0 Å². The Labute approximate surface area is 352 Å². The smallest absolute Gasteiger partial charge is 0.0784 e. The van der Waals surface area contributed by atoms with Crippen molar-refractivity contribution in [3.05, 3.63) is 205 Å². The van der Waals surface area contributed by atoms with Crippen LogP contribution in [0.1, 0.15) is 16.7 Å². The highest BCUT2D eigenvalue weighted by molar-refractivity contribution is 6.17. The summed E-state index contributed by atoms with van der Waals surface area (Å²) in [5.41, 5.74) is 17.9. The van der Waals surface area contributed by atoms with Crippen molar-refractivity contribution >= 4 is 87.2 Å². The van der Waals surface area contributed by atoms with Crippen LogP contribution in [-0.4, -0.2) is 18.3 Å². The molecule has 0 bridgehead atoms. The lowest BCUT2D eigenvalue weighted by Crippen LogP contribution is -2.03. The molecule has 4 nitrogen and oxygen atoms in total. The van der Waals surface area contributed by atoms with Crippen LogP contribution in [0.25, 0.3) is 110 Å². The van der Waals surface area contributed by atoms with Gasteiger partial charge >= 0.3 is 0 Å². The molecule has 13 rings (SSSR count). The third-order valence-corrected chi connectivity index (χ3v) is 13.1. The maximum atomic E-state index is 2.50. The SMILES string of the molecule is Cc1ccc2c(c1)c1cc(C)ccc1n2-c1ccc(-n2c3ccc(C)cc3c3cc(-n4c5ccccc5c5ccccc54)cc(-n4c5ccccc5c5ccccc54)c32)cc1. The number of aromatic nitrogens is 4. The maximum absolute atomic E-state index is 2.50. The molecule has 0 atom stereocenters. The first-order valence-corrected chi connectivity index (χ1v) is 21.2. The third kappa shape index (κ3) is 4.82. The number of hydrogen-bond acceptors (Lipinski definition) is 0. The minimum absolute atomic E-state index is 1.12. The van der Waals surface area contributed by atoms with Gasteiger partial charge in [-0.25, -0.2) is 0 Å². The Morgan fingerprint density at radius 3 is 1.05 bits per heavy atom. The Balaban J connectivity index is 1.14. The van der Waals surface area contributed by atoms with Crippen LogP contribution >= 0.6 is 0 Å². The van der Waals surface area contributed by atoms with Crippen LogP contribution < -0.4 is 0 Å².